The van der Waals surface area contributed by atoms with Gasteiger partial charge in [-0.25, -0.2) is 13.5 Å². The largest absolute Gasteiger partial charge is 0.491 e. The zero-order chi connectivity index (χ0) is 23.3. The number of carbonyl (C=O) groups is 2. The van der Waals surface area contributed by atoms with Crippen LogP contribution in [0.2, 0.25) is 0 Å². The van der Waals surface area contributed by atoms with Gasteiger partial charge in [0, 0.05) is 24.7 Å². The Labute approximate surface area is 181 Å². The Hall–Kier alpha value is -3.47. The third-order valence-electron chi connectivity index (χ3n) is 5.85. The number of hydrogen-bond acceptors (Lipinski definition) is 6. The summed E-state index contributed by atoms with van der Waals surface area (Å²) in [5.41, 5.74) is -1.33. The smallest absolute Gasteiger partial charge is 0.278 e. The van der Waals surface area contributed by atoms with Gasteiger partial charge in [0.15, 0.2) is 11.4 Å². The second-order valence-corrected chi connectivity index (χ2v) is 7.56. The summed E-state index contributed by atoms with van der Waals surface area (Å²) in [5.74, 6) is -3.25. The van der Waals surface area contributed by atoms with E-state index in [1.54, 1.807) is 18.9 Å². The third kappa shape index (κ3) is 3.11. The summed E-state index contributed by atoms with van der Waals surface area (Å²) in [7, 11) is 1.22. The summed E-state index contributed by atoms with van der Waals surface area (Å²) in [6, 6.07) is 2.92. The molecule has 32 heavy (non-hydrogen) atoms. The average Bonchev–Trinajstić information content (AvgIpc) is 3.08. The van der Waals surface area contributed by atoms with Gasteiger partial charge in [-0.15, -0.1) is 0 Å². The van der Waals surface area contributed by atoms with Crippen molar-refractivity contribution in [3.63, 3.8) is 0 Å². The van der Waals surface area contributed by atoms with Gasteiger partial charge < -0.3 is 20.1 Å². The molecule has 2 atom stereocenters. The number of halogens is 2. The van der Waals surface area contributed by atoms with E-state index < -0.39 is 46.7 Å². The number of aromatic nitrogens is 1. The number of ether oxygens (including phenoxy) is 1. The molecule has 0 saturated carbocycles. The number of amides is 2. The molecule has 0 fully saturated rings. The maximum Gasteiger partial charge on any atom is 0.278 e. The van der Waals surface area contributed by atoms with Gasteiger partial charge >= 0.3 is 0 Å². The van der Waals surface area contributed by atoms with Crippen LogP contribution in [0.5, 0.6) is 5.75 Å². The fourth-order valence-corrected chi connectivity index (χ4v) is 4.30. The summed E-state index contributed by atoms with van der Waals surface area (Å²) in [4.78, 5) is 40.8. The van der Waals surface area contributed by atoms with Crippen molar-refractivity contribution in [2.75, 3.05) is 25.2 Å². The number of nitrogens with zero attached hydrogens (tertiary/aromatic N) is 3. The van der Waals surface area contributed by atoms with Gasteiger partial charge in [-0.3, -0.25) is 19.4 Å². The van der Waals surface area contributed by atoms with Crippen LogP contribution in [-0.4, -0.2) is 52.9 Å². The lowest BCUT2D eigenvalue weighted by atomic mass is 10.1. The molecule has 2 aliphatic heterocycles. The van der Waals surface area contributed by atoms with Gasteiger partial charge in [0.05, 0.1) is 19.3 Å². The molecule has 2 aliphatic rings. The molecule has 2 unspecified atom stereocenters. The first-order valence-electron chi connectivity index (χ1n) is 10.1. The molecule has 2 amide bonds. The Bertz CT molecular complexity index is 1180. The maximum absolute atomic E-state index is 13.9. The highest BCUT2D eigenvalue weighted by Gasteiger charge is 2.46. The number of hydrogen-bond donors (Lipinski definition) is 2. The lowest BCUT2D eigenvalue weighted by Crippen LogP contribution is -2.59. The molecule has 0 saturated heterocycles. The average molecular weight is 448 g/mol. The van der Waals surface area contributed by atoms with Crippen LogP contribution < -0.4 is 20.5 Å². The fourth-order valence-electron chi connectivity index (χ4n) is 4.30. The molecule has 2 N–H and O–H groups in total. The van der Waals surface area contributed by atoms with Crippen LogP contribution >= 0.6 is 0 Å². The normalized spacial score (nSPS) is 19.2. The number of pyridine rings is 1. The van der Waals surface area contributed by atoms with Gasteiger partial charge in [-0.1, -0.05) is 6.07 Å². The first kappa shape index (κ1) is 21.8. The maximum atomic E-state index is 13.9. The summed E-state index contributed by atoms with van der Waals surface area (Å²) < 4.78 is 33.6. The molecule has 2 aromatic rings. The highest BCUT2D eigenvalue weighted by molar-refractivity contribution is 6.01. The van der Waals surface area contributed by atoms with Crippen molar-refractivity contribution < 1.29 is 28.2 Å². The number of benzene rings is 1. The number of aliphatic hydroxyl groups excluding tert-OH is 1. The van der Waals surface area contributed by atoms with E-state index in [1.165, 1.54) is 22.8 Å². The van der Waals surface area contributed by atoms with Crippen molar-refractivity contribution in [2.24, 2.45) is 0 Å². The lowest BCUT2D eigenvalue weighted by molar-refractivity contribution is 0.0606. The van der Waals surface area contributed by atoms with Crippen molar-refractivity contribution in [3.05, 3.63) is 62.6 Å². The van der Waals surface area contributed by atoms with Gasteiger partial charge in [-0.05, 0) is 19.9 Å². The first-order chi connectivity index (χ1) is 15.2. The predicted molar refractivity (Wildman–Crippen MR) is 109 cm³/mol. The van der Waals surface area contributed by atoms with Crippen molar-refractivity contribution >= 4 is 11.8 Å². The molecule has 11 heteroatoms. The number of nitrogens with one attached hydrogen (secondary N) is 1. The molecular weight excluding hydrogens is 426 g/mol. The number of aliphatic hydroxyl groups is 1. The minimum atomic E-state index is -1.22. The SMILES string of the molecule is CCN1C(=O)c2c(OC)c(=O)c(C(=O)NCc3ccc(F)cc3F)c3n2N(CC3O)C1C. The van der Waals surface area contributed by atoms with E-state index in [0.717, 1.165) is 6.07 Å². The lowest BCUT2D eigenvalue weighted by Gasteiger charge is -2.42. The Kier molecular flexibility index (Phi) is 5.37. The van der Waals surface area contributed by atoms with E-state index in [0.29, 0.717) is 12.6 Å². The highest BCUT2D eigenvalue weighted by Crippen LogP contribution is 2.35. The second kappa shape index (κ2) is 7.90. The summed E-state index contributed by atoms with van der Waals surface area (Å²) in [5, 5.41) is 14.8. The van der Waals surface area contributed by atoms with Crippen LogP contribution in [0.15, 0.2) is 23.0 Å². The van der Waals surface area contributed by atoms with E-state index in [-0.39, 0.29) is 35.8 Å². The minimum Gasteiger partial charge on any atom is -0.491 e. The molecule has 0 spiro atoms. The summed E-state index contributed by atoms with van der Waals surface area (Å²) in [6.07, 6.45) is -1.66. The first-order valence-corrected chi connectivity index (χ1v) is 10.1. The number of methoxy groups -OCH3 is 1. The Morgan fingerprint density at radius 1 is 1.31 bits per heavy atom. The zero-order valence-electron chi connectivity index (χ0n) is 17.7. The van der Waals surface area contributed by atoms with Crippen molar-refractivity contribution in [3.8, 4) is 5.75 Å². The molecular formula is C21H22F2N4O5. The number of carbonyl (C=O) groups excluding carboxylic acids is 2. The molecule has 3 heterocycles. The monoisotopic (exact) mass is 448 g/mol. The summed E-state index contributed by atoms with van der Waals surface area (Å²) >= 11 is 0. The topological polar surface area (TPSA) is 104 Å². The number of rotatable bonds is 5. The van der Waals surface area contributed by atoms with Crippen molar-refractivity contribution in [1.82, 2.24) is 14.9 Å². The molecule has 0 radical (unpaired) electrons. The van der Waals surface area contributed by atoms with E-state index in [9.17, 15) is 28.3 Å². The van der Waals surface area contributed by atoms with Gasteiger partial charge in [0.1, 0.15) is 29.5 Å². The van der Waals surface area contributed by atoms with Crippen LogP contribution in [0.25, 0.3) is 0 Å². The van der Waals surface area contributed by atoms with E-state index in [2.05, 4.69) is 5.32 Å². The zero-order valence-corrected chi connectivity index (χ0v) is 17.7. The van der Waals surface area contributed by atoms with E-state index in [4.69, 9.17) is 4.74 Å². The van der Waals surface area contributed by atoms with Gasteiger partial charge in [0.2, 0.25) is 5.43 Å². The predicted octanol–water partition coefficient (Wildman–Crippen LogP) is 0.872. The van der Waals surface area contributed by atoms with Crippen LogP contribution in [0.3, 0.4) is 0 Å². The third-order valence-corrected chi connectivity index (χ3v) is 5.85. The van der Waals surface area contributed by atoms with Crippen molar-refractivity contribution in [2.45, 2.75) is 32.7 Å². The quantitative estimate of drug-likeness (QED) is 0.704. The standard InChI is InChI=1S/C21H22F2N4O5/c1-4-25-10(2)26-9-14(28)16-15(18(29)19(32-3)17(21(25)31)27(16)26)20(30)24-8-11-5-6-12(22)7-13(11)23/h5-7,10,14,28H,4,8-9H2,1-3H3,(H,24,30). The highest BCUT2D eigenvalue weighted by atomic mass is 19.1. The molecule has 9 nitrogen and oxygen atoms in total. The molecule has 170 valence electrons. The molecule has 1 aromatic heterocycles. The molecule has 1 aromatic carbocycles. The second-order valence-electron chi connectivity index (χ2n) is 7.56. The van der Waals surface area contributed by atoms with Gasteiger partial charge in [0.25, 0.3) is 11.8 Å². The Balaban J connectivity index is 1.81. The van der Waals surface area contributed by atoms with Crippen LogP contribution in [-0.2, 0) is 6.54 Å². The van der Waals surface area contributed by atoms with Crippen LogP contribution in [0.4, 0.5) is 8.78 Å². The summed E-state index contributed by atoms with van der Waals surface area (Å²) in [6.45, 7) is 3.67. The molecule has 4 rings (SSSR count). The van der Waals surface area contributed by atoms with Crippen LogP contribution in [0, 0.1) is 11.6 Å². The van der Waals surface area contributed by atoms with E-state index in [1.807, 2.05) is 0 Å². The minimum absolute atomic E-state index is 0.0192. The Morgan fingerprint density at radius 2 is 2.03 bits per heavy atom. The van der Waals surface area contributed by atoms with Crippen molar-refractivity contribution in [1.29, 1.82) is 0 Å². The van der Waals surface area contributed by atoms with E-state index >= 15 is 0 Å². The Morgan fingerprint density at radius 3 is 2.66 bits per heavy atom. The molecule has 0 aliphatic carbocycles. The van der Waals surface area contributed by atoms with Crippen LogP contribution in [0.1, 0.15) is 52.1 Å². The molecule has 0 bridgehead atoms. The van der Waals surface area contributed by atoms with Gasteiger partial charge in [-0.2, -0.15) is 0 Å². The fraction of sp³-hybridized carbons (Fsp3) is 0.381.